The Kier molecular flexibility index (Phi) is 4.84. The van der Waals surface area contributed by atoms with Crippen LogP contribution in [0.2, 0.25) is 0 Å². The summed E-state index contributed by atoms with van der Waals surface area (Å²) in [6.45, 7) is 3.90. The molecule has 0 aliphatic carbocycles. The minimum absolute atomic E-state index is 0.228. The molecule has 1 amide bonds. The SMILES string of the molecule is CCOC(=O)c1ccc(NC(=O)c2cc(=O)oc3cc(C)ccc23)cc1. The van der Waals surface area contributed by atoms with Crippen LogP contribution in [0.4, 0.5) is 5.69 Å². The van der Waals surface area contributed by atoms with E-state index >= 15 is 0 Å². The van der Waals surface area contributed by atoms with Crippen LogP contribution >= 0.6 is 0 Å². The molecular formula is C20H17NO5. The van der Waals surface area contributed by atoms with Gasteiger partial charge in [0.15, 0.2) is 0 Å². The van der Waals surface area contributed by atoms with Gasteiger partial charge in [-0.15, -0.1) is 0 Å². The number of benzene rings is 2. The van der Waals surface area contributed by atoms with Gasteiger partial charge in [0, 0.05) is 17.1 Å². The smallest absolute Gasteiger partial charge is 0.338 e. The van der Waals surface area contributed by atoms with Crippen molar-refractivity contribution in [1.82, 2.24) is 0 Å². The second kappa shape index (κ2) is 7.23. The van der Waals surface area contributed by atoms with Crippen molar-refractivity contribution in [3.63, 3.8) is 0 Å². The van der Waals surface area contributed by atoms with Gasteiger partial charge in [0.2, 0.25) is 0 Å². The van der Waals surface area contributed by atoms with Crippen LogP contribution in [0.25, 0.3) is 11.0 Å². The lowest BCUT2D eigenvalue weighted by molar-refractivity contribution is 0.0526. The Morgan fingerprint density at radius 3 is 2.50 bits per heavy atom. The van der Waals surface area contributed by atoms with Gasteiger partial charge in [0.25, 0.3) is 5.91 Å². The van der Waals surface area contributed by atoms with E-state index in [-0.39, 0.29) is 5.56 Å². The number of carbonyl (C=O) groups is 2. The molecule has 0 unspecified atom stereocenters. The van der Waals surface area contributed by atoms with Gasteiger partial charge in [0.1, 0.15) is 5.58 Å². The Balaban J connectivity index is 1.88. The van der Waals surface area contributed by atoms with Gasteiger partial charge in [-0.2, -0.15) is 0 Å². The quantitative estimate of drug-likeness (QED) is 0.574. The minimum atomic E-state index is -0.592. The number of anilines is 1. The highest BCUT2D eigenvalue weighted by atomic mass is 16.5. The van der Waals surface area contributed by atoms with Crippen molar-refractivity contribution in [2.24, 2.45) is 0 Å². The second-order valence-corrected chi connectivity index (χ2v) is 5.73. The van der Waals surface area contributed by atoms with E-state index in [1.54, 1.807) is 43.3 Å². The third kappa shape index (κ3) is 3.64. The molecule has 0 aliphatic rings. The summed E-state index contributed by atoms with van der Waals surface area (Å²) in [4.78, 5) is 36.0. The minimum Gasteiger partial charge on any atom is -0.462 e. The fourth-order valence-electron chi connectivity index (χ4n) is 2.56. The van der Waals surface area contributed by atoms with Crippen LogP contribution in [0.3, 0.4) is 0 Å². The number of aryl methyl sites for hydroxylation is 1. The Labute approximate surface area is 149 Å². The molecule has 0 atom stereocenters. The maximum Gasteiger partial charge on any atom is 0.338 e. The van der Waals surface area contributed by atoms with E-state index in [4.69, 9.17) is 9.15 Å². The number of hydrogen-bond donors (Lipinski definition) is 1. The van der Waals surface area contributed by atoms with E-state index < -0.39 is 17.5 Å². The predicted molar refractivity (Wildman–Crippen MR) is 97.6 cm³/mol. The molecule has 0 fully saturated rings. The van der Waals surface area contributed by atoms with E-state index in [0.29, 0.717) is 28.8 Å². The normalized spacial score (nSPS) is 10.5. The zero-order valence-electron chi connectivity index (χ0n) is 14.4. The molecule has 0 bridgehead atoms. The Hall–Kier alpha value is -3.41. The van der Waals surface area contributed by atoms with Crippen molar-refractivity contribution in [1.29, 1.82) is 0 Å². The first-order chi connectivity index (χ1) is 12.5. The maximum absolute atomic E-state index is 12.6. The van der Waals surface area contributed by atoms with Crippen molar-refractivity contribution in [2.45, 2.75) is 13.8 Å². The zero-order chi connectivity index (χ0) is 18.7. The van der Waals surface area contributed by atoms with Crippen molar-refractivity contribution in [3.05, 3.63) is 75.6 Å². The number of esters is 1. The summed E-state index contributed by atoms with van der Waals surface area (Å²) >= 11 is 0. The highest BCUT2D eigenvalue weighted by molar-refractivity contribution is 6.12. The van der Waals surface area contributed by atoms with Crippen molar-refractivity contribution < 1.29 is 18.7 Å². The van der Waals surface area contributed by atoms with Gasteiger partial charge >= 0.3 is 11.6 Å². The third-order valence-electron chi connectivity index (χ3n) is 3.80. The van der Waals surface area contributed by atoms with E-state index in [0.717, 1.165) is 5.56 Å². The molecule has 0 aliphatic heterocycles. The number of amides is 1. The lowest BCUT2D eigenvalue weighted by Crippen LogP contribution is -2.15. The van der Waals surface area contributed by atoms with Gasteiger partial charge in [0.05, 0.1) is 17.7 Å². The van der Waals surface area contributed by atoms with Crippen LogP contribution in [0.15, 0.2) is 57.7 Å². The van der Waals surface area contributed by atoms with Gasteiger partial charge in [-0.1, -0.05) is 12.1 Å². The van der Waals surface area contributed by atoms with Crippen LogP contribution in [0.1, 0.15) is 33.2 Å². The summed E-state index contributed by atoms with van der Waals surface area (Å²) in [7, 11) is 0. The number of nitrogens with one attached hydrogen (secondary N) is 1. The van der Waals surface area contributed by atoms with Gasteiger partial charge < -0.3 is 14.5 Å². The van der Waals surface area contributed by atoms with E-state index in [1.165, 1.54) is 6.07 Å². The Bertz CT molecular complexity index is 1030. The van der Waals surface area contributed by atoms with Crippen LogP contribution in [0.5, 0.6) is 0 Å². The summed E-state index contributed by atoms with van der Waals surface area (Å²) in [5.74, 6) is -0.858. The van der Waals surface area contributed by atoms with E-state index in [2.05, 4.69) is 5.32 Å². The average molecular weight is 351 g/mol. The van der Waals surface area contributed by atoms with Crippen LogP contribution in [-0.4, -0.2) is 18.5 Å². The highest BCUT2D eigenvalue weighted by Crippen LogP contribution is 2.20. The molecule has 3 rings (SSSR count). The number of fused-ring (bicyclic) bond motifs is 1. The lowest BCUT2D eigenvalue weighted by Gasteiger charge is -2.08. The standard InChI is InChI=1S/C20H17NO5/c1-3-25-20(24)13-5-7-14(8-6-13)21-19(23)16-11-18(22)26-17-10-12(2)4-9-15(16)17/h4-11H,3H2,1-2H3,(H,21,23). The van der Waals surface area contributed by atoms with Crippen LogP contribution in [-0.2, 0) is 4.74 Å². The number of rotatable bonds is 4. The van der Waals surface area contributed by atoms with Gasteiger partial charge in [-0.05, 0) is 49.7 Å². The largest absolute Gasteiger partial charge is 0.462 e. The fraction of sp³-hybridized carbons (Fsp3) is 0.150. The lowest BCUT2D eigenvalue weighted by atomic mass is 10.1. The van der Waals surface area contributed by atoms with Gasteiger partial charge in [-0.25, -0.2) is 9.59 Å². The zero-order valence-corrected chi connectivity index (χ0v) is 14.4. The van der Waals surface area contributed by atoms with Crippen molar-refractivity contribution in [3.8, 4) is 0 Å². The second-order valence-electron chi connectivity index (χ2n) is 5.73. The third-order valence-corrected chi connectivity index (χ3v) is 3.80. The molecule has 0 saturated carbocycles. The average Bonchev–Trinajstić information content (AvgIpc) is 2.61. The number of carbonyl (C=O) groups excluding carboxylic acids is 2. The molecule has 26 heavy (non-hydrogen) atoms. The molecule has 1 heterocycles. The Morgan fingerprint density at radius 2 is 1.81 bits per heavy atom. The molecule has 3 aromatic rings. The van der Waals surface area contributed by atoms with Crippen LogP contribution in [0, 0.1) is 6.92 Å². The summed E-state index contributed by atoms with van der Waals surface area (Å²) < 4.78 is 10.1. The van der Waals surface area contributed by atoms with Crippen molar-refractivity contribution in [2.75, 3.05) is 11.9 Å². The molecule has 2 aromatic carbocycles. The monoisotopic (exact) mass is 351 g/mol. The molecule has 132 valence electrons. The first-order valence-corrected chi connectivity index (χ1v) is 8.11. The highest BCUT2D eigenvalue weighted by Gasteiger charge is 2.14. The first-order valence-electron chi connectivity index (χ1n) is 8.11. The maximum atomic E-state index is 12.6. The summed E-state index contributed by atoms with van der Waals surface area (Å²) in [5.41, 5.74) is 1.81. The molecular weight excluding hydrogens is 334 g/mol. The summed E-state index contributed by atoms with van der Waals surface area (Å²) in [6.07, 6.45) is 0. The van der Waals surface area contributed by atoms with E-state index in [1.807, 2.05) is 13.0 Å². The Morgan fingerprint density at radius 1 is 1.08 bits per heavy atom. The molecule has 0 saturated heterocycles. The number of hydrogen-bond acceptors (Lipinski definition) is 5. The summed E-state index contributed by atoms with van der Waals surface area (Å²) in [6, 6.07) is 12.8. The molecule has 1 N–H and O–H groups in total. The van der Waals surface area contributed by atoms with Crippen LogP contribution < -0.4 is 10.9 Å². The number of ether oxygens (including phenoxy) is 1. The van der Waals surface area contributed by atoms with Crippen molar-refractivity contribution >= 4 is 28.5 Å². The molecule has 0 spiro atoms. The fourth-order valence-corrected chi connectivity index (χ4v) is 2.56. The molecule has 0 radical (unpaired) electrons. The topological polar surface area (TPSA) is 85.6 Å². The first kappa shape index (κ1) is 17.4. The van der Waals surface area contributed by atoms with Gasteiger partial charge in [-0.3, -0.25) is 4.79 Å². The molecule has 6 nitrogen and oxygen atoms in total. The van der Waals surface area contributed by atoms with E-state index in [9.17, 15) is 14.4 Å². The molecule has 1 aromatic heterocycles. The molecule has 6 heteroatoms. The summed E-state index contributed by atoms with van der Waals surface area (Å²) in [5, 5.41) is 3.27. The predicted octanol–water partition coefficient (Wildman–Crippen LogP) is 3.53.